The zero-order chi connectivity index (χ0) is 23.4. The number of benzene rings is 2. The van der Waals surface area contributed by atoms with Gasteiger partial charge in [0.2, 0.25) is 0 Å². The van der Waals surface area contributed by atoms with E-state index >= 15 is 0 Å². The number of halogens is 1. The number of rotatable bonds is 6. The first kappa shape index (κ1) is 26.5. The van der Waals surface area contributed by atoms with E-state index in [1.165, 1.54) is 17.8 Å². The molecule has 0 spiro atoms. The van der Waals surface area contributed by atoms with Gasteiger partial charge in [0.25, 0.3) is 5.56 Å². The van der Waals surface area contributed by atoms with Crippen molar-refractivity contribution in [1.82, 2.24) is 9.88 Å². The second-order valence-corrected chi connectivity index (χ2v) is 7.71. The summed E-state index contributed by atoms with van der Waals surface area (Å²) in [7, 11) is 1.49. The summed E-state index contributed by atoms with van der Waals surface area (Å²) >= 11 is 6.28. The molecule has 168 valence electrons. The fourth-order valence-electron chi connectivity index (χ4n) is 3.35. The Morgan fingerprint density at radius 2 is 1.85 bits per heavy atom. The monoisotopic (exact) mass is 479 g/mol. The van der Waals surface area contributed by atoms with Crippen molar-refractivity contribution in [2.75, 3.05) is 5.32 Å². The molecular formula is C23H23ClN3NaO5. The summed E-state index contributed by atoms with van der Waals surface area (Å²) in [5.41, 5.74) is 1.58. The molecule has 2 amide bonds. The summed E-state index contributed by atoms with van der Waals surface area (Å²) in [6.45, 7) is 1.59. The van der Waals surface area contributed by atoms with Gasteiger partial charge in [-0.25, -0.2) is 4.79 Å². The number of carbonyl (C=O) groups is 2. The molecule has 3 aromatic rings. The molecule has 0 aliphatic rings. The number of amides is 2. The van der Waals surface area contributed by atoms with Gasteiger partial charge in [-0.05, 0) is 30.2 Å². The van der Waals surface area contributed by atoms with Crippen LogP contribution in [0.25, 0.3) is 11.1 Å². The second kappa shape index (κ2) is 11.4. The number of nitrogens with one attached hydrogen (secondary N) is 2. The Bertz CT molecular complexity index is 1250. The molecule has 0 aliphatic carbocycles. The maximum atomic E-state index is 12.6. The van der Waals surface area contributed by atoms with Crippen LogP contribution in [0.1, 0.15) is 23.6 Å². The number of pyridine rings is 1. The van der Waals surface area contributed by atoms with E-state index in [-0.39, 0.29) is 41.0 Å². The van der Waals surface area contributed by atoms with Gasteiger partial charge in [0.05, 0.1) is 12.5 Å². The summed E-state index contributed by atoms with van der Waals surface area (Å²) in [6, 6.07) is 12.5. The van der Waals surface area contributed by atoms with Crippen LogP contribution in [0.4, 0.5) is 10.5 Å². The topological polar surface area (TPSA) is 121 Å². The van der Waals surface area contributed by atoms with E-state index in [9.17, 15) is 24.6 Å². The number of aryl methyl sites for hydroxylation is 2. The van der Waals surface area contributed by atoms with Gasteiger partial charge in [-0.15, -0.1) is 0 Å². The van der Waals surface area contributed by atoms with Gasteiger partial charge < -0.3 is 25.4 Å². The number of anilines is 1. The van der Waals surface area contributed by atoms with E-state index in [0.717, 1.165) is 11.1 Å². The van der Waals surface area contributed by atoms with Crippen LogP contribution in [0.3, 0.4) is 0 Å². The van der Waals surface area contributed by atoms with Crippen LogP contribution in [0.15, 0.2) is 59.5 Å². The first-order valence-corrected chi connectivity index (χ1v) is 10.1. The van der Waals surface area contributed by atoms with Gasteiger partial charge in [-0.1, -0.05) is 48.0 Å². The third kappa shape index (κ3) is 6.39. The molecule has 8 nitrogen and oxygen atoms in total. The van der Waals surface area contributed by atoms with Crippen LogP contribution in [0.2, 0.25) is 5.02 Å². The standard InChI is InChI=1S/C23H22ClN3O5.Na.H/c1-13-12-27(2)22(31)20(21(13)30)26-23(32)25-18(11-19(28)29)15-7-5-6-14(10-15)16-8-3-4-9-17(16)24;;/h3-10,12,18,30H,11H2,1-2H3,(H,28,29)(H2,25,26,32);;. The van der Waals surface area contributed by atoms with Crippen molar-refractivity contribution in [1.29, 1.82) is 0 Å². The molecular weight excluding hydrogens is 457 g/mol. The van der Waals surface area contributed by atoms with Gasteiger partial charge in [0.1, 0.15) is 5.75 Å². The van der Waals surface area contributed by atoms with Crippen molar-refractivity contribution in [2.24, 2.45) is 7.05 Å². The molecule has 0 bridgehead atoms. The summed E-state index contributed by atoms with van der Waals surface area (Å²) in [5.74, 6) is -1.47. The maximum absolute atomic E-state index is 12.6. The average molecular weight is 480 g/mol. The summed E-state index contributed by atoms with van der Waals surface area (Å²) < 4.78 is 1.23. The minimum atomic E-state index is -1.12. The normalized spacial score (nSPS) is 11.2. The van der Waals surface area contributed by atoms with Gasteiger partial charge in [0.15, 0.2) is 5.69 Å². The number of carboxylic acids is 1. The van der Waals surface area contributed by atoms with Gasteiger partial charge in [-0.2, -0.15) is 0 Å². The zero-order valence-corrected chi connectivity index (χ0v) is 18.2. The zero-order valence-electron chi connectivity index (χ0n) is 17.4. The molecule has 0 fully saturated rings. The van der Waals surface area contributed by atoms with Crippen LogP contribution in [-0.4, -0.2) is 56.3 Å². The summed E-state index contributed by atoms with van der Waals surface area (Å²) in [4.78, 5) is 36.4. The number of hydrogen-bond acceptors (Lipinski definition) is 4. The number of aliphatic carboxylic acids is 1. The molecule has 2 aromatic carbocycles. The van der Waals surface area contributed by atoms with E-state index in [4.69, 9.17) is 11.6 Å². The first-order valence-electron chi connectivity index (χ1n) is 9.70. The summed E-state index contributed by atoms with van der Waals surface area (Å²) in [6.07, 6.45) is 1.05. The summed E-state index contributed by atoms with van der Waals surface area (Å²) in [5, 5.41) is 25.0. The van der Waals surface area contributed by atoms with Crippen molar-refractivity contribution in [3.63, 3.8) is 0 Å². The molecule has 0 saturated heterocycles. The van der Waals surface area contributed by atoms with Crippen LogP contribution >= 0.6 is 11.6 Å². The molecule has 33 heavy (non-hydrogen) atoms. The second-order valence-electron chi connectivity index (χ2n) is 7.31. The quantitative estimate of drug-likeness (QED) is 0.404. The van der Waals surface area contributed by atoms with E-state index in [1.807, 2.05) is 18.2 Å². The fraction of sp³-hybridized carbons (Fsp3) is 0.174. The number of carbonyl (C=O) groups excluding carboxylic acids is 1. The van der Waals surface area contributed by atoms with Crippen LogP contribution < -0.4 is 16.2 Å². The number of urea groups is 1. The van der Waals surface area contributed by atoms with Crippen LogP contribution in [0.5, 0.6) is 5.75 Å². The fourth-order valence-corrected chi connectivity index (χ4v) is 3.60. The Morgan fingerprint density at radius 3 is 2.52 bits per heavy atom. The van der Waals surface area contributed by atoms with Gasteiger partial charge in [0, 0.05) is 29.4 Å². The number of aromatic hydroxyl groups is 1. The van der Waals surface area contributed by atoms with Crippen molar-refractivity contribution in [2.45, 2.75) is 19.4 Å². The SMILES string of the molecule is Cc1cn(C)c(=O)c(NC(=O)NC(CC(=O)O)c2cccc(-c3ccccc3Cl)c2)c1O.[NaH]. The predicted molar refractivity (Wildman–Crippen MR) is 129 cm³/mol. The Labute approximate surface area is 217 Å². The van der Waals surface area contributed by atoms with E-state index < -0.39 is 30.0 Å². The Balaban J connectivity index is 0.00000385. The Morgan fingerprint density at radius 1 is 1.15 bits per heavy atom. The van der Waals surface area contributed by atoms with Gasteiger partial charge in [-0.3, -0.25) is 9.59 Å². The van der Waals surface area contributed by atoms with Crippen LogP contribution in [-0.2, 0) is 11.8 Å². The molecule has 10 heteroatoms. The molecule has 1 unspecified atom stereocenters. The Kier molecular flexibility index (Phi) is 9.13. The minimum absolute atomic E-state index is 0. The first-order chi connectivity index (χ1) is 15.2. The van der Waals surface area contributed by atoms with E-state index in [1.54, 1.807) is 37.3 Å². The number of carboxylic acid groups (broad SMARTS) is 1. The van der Waals surface area contributed by atoms with Crippen LogP contribution in [0, 0.1) is 6.92 Å². The molecule has 1 heterocycles. The number of hydrogen-bond donors (Lipinski definition) is 4. The molecule has 1 atom stereocenters. The van der Waals surface area contributed by atoms with E-state index in [2.05, 4.69) is 10.6 Å². The molecule has 0 saturated carbocycles. The van der Waals surface area contributed by atoms with Crippen molar-refractivity contribution in [3.8, 4) is 16.9 Å². The third-order valence-electron chi connectivity index (χ3n) is 4.93. The van der Waals surface area contributed by atoms with E-state index in [0.29, 0.717) is 16.1 Å². The molecule has 1 aromatic heterocycles. The average Bonchev–Trinajstić information content (AvgIpc) is 2.75. The predicted octanol–water partition coefficient (Wildman–Crippen LogP) is 3.41. The molecule has 3 rings (SSSR count). The number of aromatic nitrogens is 1. The van der Waals surface area contributed by atoms with Crippen molar-refractivity contribution in [3.05, 3.63) is 81.2 Å². The third-order valence-corrected chi connectivity index (χ3v) is 5.26. The molecule has 4 N–H and O–H groups in total. The Hall–Kier alpha value is -2.78. The van der Waals surface area contributed by atoms with Crippen molar-refractivity contribution >= 4 is 58.8 Å². The molecule has 0 aliphatic heterocycles. The molecule has 0 radical (unpaired) electrons. The van der Waals surface area contributed by atoms with Crippen molar-refractivity contribution < 1.29 is 19.8 Å². The van der Waals surface area contributed by atoms with Gasteiger partial charge >= 0.3 is 41.6 Å². The number of nitrogens with zero attached hydrogens (tertiary/aromatic N) is 1.